The van der Waals surface area contributed by atoms with Gasteiger partial charge in [0.15, 0.2) is 0 Å². The van der Waals surface area contributed by atoms with Crippen molar-refractivity contribution in [1.29, 1.82) is 0 Å². The Morgan fingerprint density at radius 1 is 0.457 bits per heavy atom. The van der Waals surface area contributed by atoms with Crippen molar-refractivity contribution in [3.05, 3.63) is 104 Å². The van der Waals surface area contributed by atoms with Crippen LogP contribution in [0.15, 0.2) is 48.5 Å². The first kappa shape index (κ1) is 32.9. The molecule has 4 aromatic carbocycles. The minimum atomic E-state index is -0.796. The van der Waals surface area contributed by atoms with Crippen LogP contribution in [0.3, 0.4) is 0 Å². The Bertz CT molecular complexity index is 1740. The van der Waals surface area contributed by atoms with Gasteiger partial charge in [0.1, 0.15) is 52.8 Å². The lowest BCUT2D eigenvalue weighted by Gasteiger charge is -2.29. The number of aromatic hydroxyl groups is 2. The van der Waals surface area contributed by atoms with E-state index >= 15 is 0 Å². The lowest BCUT2D eigenvalue weighted by molar-refractivity contribution is 0.120. The van der Waals surface area contributed by atoms with Gasteiger partial charge in [-0.1, -0.05) is 17.2 Å². The van der Waals surface area contributed by atoms with Gasteiger partial charge in [-0.25, -0.2) is 0 Å². The fourth-order valence-electron chi connectivity index (χ4n) is 6.69. The van der Waals surface area contributed by atoms with Crippen molar-refractivity contribution in [1.82, 2.24) is 0 Å². The van der Waals surface area contributed by atoms with Gasteiger partial charge >= 0.3 is 0 Å². The van der Waals surface area contributed by atoms with E-state index in [4.69, 9.17) is 33.2 Å². The Kier molecular flexibility index (Phi) is 9.67. The maximum atomic E-state index is 12.0. The van der Waals surface area contributed by atoms with Crippen LogP contribution in [0.1, 0.15) is 73.9 Å². The largest absolute Gasteiger partial charge is 0.507 e. The predicted octanol–water partition coefficient (Wildman–Crippen LogP) is 6.86. The Hall–Kier alpha value is -4.44. The van der Waals surface area contributed by atoms with Gasteiger partial charge in [-0.3, -0.25) is 0 Å². The minimum absolute atomic E-state index is 0.0160. The number of phenolic OH excluding ortho intramolecular Hbond substituents is 2. The number of aryl methyl sites for hydroxylation is 2. The molecule has 0 heterocycles. The molecule has 2 unspecified atom stereocenters. The Morgan fingerprint density at radius 2 is 0.870 bits per heavy atom. The van der Waals surface area contributed by atoms with E-state index in [1.165, 1.54) is 0 Å². The van der Waals surface area contributed by atoms with Crippen molar-refractivity contribution in [2.75, 3.05) is 49.8 Å². The fraction of sp³-hybridized carbons (Fsp3) is 0.351. The molecule has 0 aromatic heterocycles. The van der Waals surface area contributed by atoms with E-state index in [9.17, 15) is 10.2 Å². The molecule has 9 nitrogen and oxygen atoms in total. The summed E-state index contributed by atoms with van der Waals surface area (Å²) < 4.78 is 41.9. The average Bonchev–Trinajstić information content (AvgIpc) is 3.04. The van der Waals surface area contributed by atoms with Gasteiger partial charge in [0.05, 0.1) is 28.4 Å². The lowest BCUT2D eigenvalue weighted by atomic mass is 9.87. The number of hydrogen-bond donors (Lipinski definition) is 2. The van der Waals surface area contributed by atoms with Gasteiger partial charge < -0.3 is 43.4 Å². The van der Waals surface area contributed by atoms with Crippen LogP contribution >= 0.6 is 0 Å². The Morgan fingerprint density at radius 3 is 1.30 bits per heavy atom. The van der Waals surface area contributed by atoms with Gasteiger partial charge in [-0.15, -0.1) is 0 Å². The number of ether oxygens (including phenoxy) is 7. The first-order valence-corrected chi connectivity index (χ1v) is 14.9. The third-order valence-electron chi connectivity index (χ3n) is 8.63. The standard InChI is InChI=1S/C37H42O9/c1-19-10-22-14-21-15-23(40-3)16-25(31(21)38)34(43-6)29-12-20(2)13-30(37(29)46-9)36(45-8)27-18-24(41-4)17-26(32(27)39)35(44-7)28(11-19)33(22)42-5/h10-13,15-18,34-36,38-39H,14H2,1-9H3/t34-,35?,36?/m1/s1. The van der Waals surface area contributed by atoms with Crippen LogP contribution in [0, 0.1) is 13.8 Å². The molecule has 46 heavy (non-hydrogen) atoms. The molecule has 244 valence electrons. The SMILES string of the molecule is COc1cc2c(O)c(c1)C(OC)c1cc(C)cc(c1OC)[C@H](OC)c1cc(OC)cc(c1O)Cc1cc(C)cc(c1OC)C2OC. The highest BCUT2D eigenvalue weighted by molar-refractivity contribution is 5.61. The van der Waals surface area contributed by atoms with Crippen LogP contribution < -0.4 is 18.9 Å². The third-order valence-corrected chi connectivity index (χ3v) is 8.63. The van der Waals surface area contributed by atoms with Gasteiger partial charge in [0.2, 0.25) is 0 Å². The summed E-state index contributed by atoms with van der Waals surface area (Å²) in [6.45, 7) is 3.94. The molecule has 2 N–H and O–H groups in total. The predicted molar refractivity (Wildman–Crippen MR) is 174 cm³/mol. The summed E-state index contributed by atoms with van der Waals surface area (Å²) in [6.07, 6.45) is -2.00. The second kappa shape index (κ2) is 13.5. The molecule has 5 rings (SSSR count). The summed E-state index contributed by atoms with van der Waals surface area (Å²) in [6, 6.07) is 15.0. The number of methoxy groups -OCH3 is 7. The Labute approximate surface area is 270 Å². The van der Waals surface area contributed by atoms with E-state index in [0.29, 0.717) is 68.4 Å². The molecular formula is C37H42O9. The van der Waals surface area contributed by atoms with E-state index in [1.807, 2.05) is 44.2 Å². The molecule has 8 bridgehead atoms. The second-order valence-electron chi connectivity index (χ2n) is 11.4. The maximum absolute atomic E-state index is 12.0. The molecule has 1 aliphatic carbocycles. The first-order chi connectivity index (χ1) is 22.1. The summed E-state index contributed by atoms with van der Waals surface area (Å²) in [4.78, 5) is 0. The normalized spacial score (nSPS) is 17.4. The lowest BCUT2D eigenvalue weighted by Crippen LogP contribution is -2.14. The average molecular weight is 631 g/mol. The van der Waals surface area contributed by atoms with E-state index in [0.717, 1.165) is 16.7 Å². The molecular weight excluding hydrogens is 588 g/mol. The smallest absolute Gasteiger partial charge is 0.131 e. The summed E-state index contributed by atoms with van der Waals surface area (Å²) >= 11 is 0. The molecule has 1 aliphatic rings. The minimum Gasteiger partial charge on any atom is -0.507 e. The summed E-state index contributed by atoms with van der Waals surface area (Å²) in [7, 11) is 11.1. The zero-order valence-electron chi connectivity index (χ0n) is 27.8. The monoisotopic (exact) mass is 630 g/mol. The van der Waals surface area contributed by atoms with Gasteiger partial charge in [0, 0.05) is 66.7 Å². The van der Waals surface area contributed by atoms with Crippen molar-refractivity contribution in [2.45, 2.75) is 38.6 Å². The van der Waals surface area contributed by atoms with Crippen molar-refractivity contribution in [3.63, 3.8) is 0 Å². The van der Waals surface area contributed by atoms with Crippen LogP contribution in [-0.2, 0) is 20.6 Å². The fourth-order valence-corrected chi connectivity index (χ4v) is 6.69. The van der Waals surface area contributed by atoms with Crippen molar-refractivity contribution in [2.24, 2.45) is 0 Å². The van der Waals surface area contributed by atoms with Crippen molar-refractivity contribution < 1.29 is 43.4 Å². The molecule has 0 saturated heterocycles. The highest BCUT2D eigenvalue weighted by atomic mass is 16.5. The zero-order valence-corrected chi connectivity index (χ0v) is 27.8. The summed E-state index contributed by atoms with van der Waals surface area (Å²) in [5.74, 6) is 2.16. The first-order valence-electron chi connectivity index (χ1n) is 14.9. The van der Waals surface area contributed by atoms with Crippen molar-refractivity contribution >= 4 is 0 Å². The highest BCUT2D eigenvalue weighted by Gasteiger charge is 2.33. The van der Waals surface area contributed by atoms with Crippen LogP contribution in [0.25, 0.3) is 0 Å². The van der Waals surface area contributed by atoms with E-state index in [-0.39, 0.29) is 11.5 Å². The Balaban J connectivity index is 1.97. The maximum Gasteiger partial charge on any atom is 0.131 e. The molecule has 3 atom stereocenters. The molecule has 0 fully saturated rings. The highest BCUT2D eigenvalue weighted by Crippen LogP contribution is 2.49. The van der Waals surface area contributed by atoms with Gasteiger partial charge in [-0.2, -0.15) is 0 Å². The molecule has 0 spiro atoms. The van der Waals surface area contributed by atoms with Crippen LogP contribution in [-0.4, -0.2) is 60.0 Å². The van der Waals surface area contributed by atoms with Crippen LogP contribution in [0.4, 0.5) is 0 Å². The molecule has 0 saturated carbocycles. The van der Waals surface area contributed by atoms with Crippen LogP contribution in [0.2, 0.25) is 0 Å². The summed E-state index contributed by atoms with van der Waals surface area (Å²) in [5, 5.41) is 23.9. The molecule has 4 aromatic rings. The number of fused-ring (bicyclic) bond motifs is 8. The quantitative estimate of drug-likeness (QED) is 0.227. The molecule has 0 amide bonds. The second-order valence-corrected chi connectivity index (χ2v) is 11.4. The number of benzene rings is 4. The third kappa shape index (κ3) is 5.70. The zero-order chi connectivity index (χ0) is 33.3. The number of phenols is 2. The molecule has 0 radical (unpaired) electrons. The molecule has 9 heteroatoms. The van der Waals surface area contributed by atoms with Gasteiger partial charge in [-0.05, 0) is 61.9 Å². The van der Waals surface area contributed by atoms with E-state index in [1.54, 1.807) is 68.0 Å². The van der Waals surface area contributed by atoms with Crippen LogP contribution in [0.5, 0.6) is 34.5 Å². The van der Waals surface area contributed by atoms with Gasteiger partial charge in [0.25, 0.3) is 0 Å². The topological polar surface area (TPSA) is 105 Å². The van der Waals surface area contributed by atoms with E-state index < -0.39 is 18.3 Å². The number of rotatable bonds is 7. The van der Waals surface area contributed by atoms with E-state index in [2.05, 4.69) is 0 Å². The van der Waals surface area contributed by atoms with Crippen molar-refractivity contribution in [3.8, 4) is 34.5 Å². The number of hydrogen-bond acceptors (Lipinski definition) is 9. The summed E-state index contributed by atoms with van der Waals surface area (Å²) in [5.41, 5.74) is 6.69. The molecule has 0 aliphatic heterocycles.